The van der Waals surface area contributed by atoms with E-state index in [9.17, 15) is 14.4 Å². The lowest BCUT2D eigenvalue weighted by molar-refractivity contribution is -0.137. The van der Waals surface area contributed by atoms with Gasteiger partial charge in [-0.25, -0.2) is 4.39 Å². The molecule has 0 bridgehead atoms. The zero-order valence-corrected chi connectivity index (χ0v) is 25.2. The van der Waals surface area contributed by atoms with Crippen LogP contribution in [0.2, 0.25) is 5.02 Å². The number of rotatable bonds is 14. The number of carbonyl (C=O) groups is 3. The molecule has 3 aromatic carbocycles. The molecule has 12 heteroatoms. The van der Waals surface area contributed by atoms with E-state index in [1.807, 2.05) is 0 Å². The number of amides is 2. The molecule has 4 aromatic rings. The molecule has 1 heterocycles. The van der Waals surface area contributed by atoms with Gasteiger partial charge in [-0.1, -0.05) is 17.7 Å². The Morgan fingerprint density at radius 1 is 0.911 bits per heavy atom. The molecule has 5 rings (SSSR count). The molecule has 0 radical (unpaired) electrons. The third kappa shape index (κ3) is 7.61. The number of carboxylic acids is 1. The number of aromatic nitrogens is 1. The standard InChI is InChI=1S/C33H31ClFN3O7/c1-43-28-18-23-25(19-29(28)44-15-4-2-3-8-30(39)40)36-14-11-26(23)45-27-10-9-22(17-24(27)35)38-32(42)33(12-13-33)31(41)37-21-7-5-6-20(34)16-21/h5-7,9-11,14,16-19H,2-4,8,12-13,15H2,1H3,(H,37,41)(H,38,42)(H,39,40). The van der Waals surface area contributed by atoms with E-state index in [2.05, 4.69) is 15.6 Å². The van der Waals surface area contributed by atoms with Crippen molar-refractivity contribution in [3.05, 3.63) is 77.7 Å². The number of anilines is 2. The van der Waals surface area contributed by atoms with Crippen LogP contribution in [0.4, 0.5) is 15.8 Å². The summed E-state index contributed by atoms with van der Waals surface area (Å²) in [4.78, 5) is 41.0. The van der Waals surface area contributed by atoms with Crippen molar-refractivity contribution >= 4 is 51.7 Å². The number of ether oxygens (including phenoxy) is 3. The molecule has 0 aliphatic heterocycles. The lowest BCUT2D eigenvalue weighted by atomic mass is 10.0. The van der Waals surface area contributed by atoms with Crippen molar-refractivity contribution in [2.24, 2.45) is 5.41 Å². The van der Waals surface area contributed by atoms with E-state index >= 15 is 4.39 Å². The van der Waals surface area contributed by atoms with Crippen LogP contribution in [0.25, 0.3) is 10.9 Å². The van der Waals surface area contributed by atoms with E-state index in [0.29, 0.717) is 77.6 Å². The molecular formula is C33H31ClFN3O7. The Bertz CT molecular complexity index is 1750. The molecule has 0 atom stereocenters. The van der Waals surface area contributed by atoms with Crippen molar-refractivity contribution < 1.29 is 38.1 Å². The summed E-state index contributed by atoms with van der Waals surface area (Å²) >= 11 is 5.99. The monoisotopic (exact) mass is 635 g/mol. The number of hydrogen-bond donors (Lipinski definition) is 3. The van der Waals surface area contributed by atoms with Crippen LogP contribution in [0.5, 0.6) is 23.0 Å². The minimum absolute atomic E-state index is 0.0824. The Hall–Kier alpha value is -4.90. The number of fused-ring (bicyclic) bond motifs is 1. The number of hydrogen-bond acceptors (Lipinski definition) is 7. The summed E-state index contributed by atoms with van der Waals surface area (Å²) in [7, 11) is 1.50. The first-order chi connectivity index (χ1) is 21.7. The highest BCUT2D eigenvalue weighted by Crippen LogP contribution is 2.48. The van der Waals surface area contributed by atoms with E-state index in [1.165, 1.54) is 25.4 Å². The van der Waals surface area contributed by atoms with Gasteiger partial charge in [0.2, 0.25) is 11.8 Å². The quantitative estimate of drug-likeness (QED) is 0.0977. The van der Waals surface area contributed by atoms with Crippen molar-refractivity contribution in [2.45, 2.75) is 38.5 Å². The number of aliphatic carboxylic acids is 1. The van der Waals surface area contributed by atoms with Crippen LogP contribution in [-0.2, 0) is 14.4 Å². The average molecular weight is 636 g/mol. The second-order valence-electron chi connectivity index (χ2n) is 10.6. The molecule has 3 N–H and O–H groups in total. The highest BCUT2D eigenvalue weighted by Gasteiger charge is 2.56. The van der Waals surface area contributed by atoms with E-state index < -0.39 is 29.0 Å². The average Bonchev–Trinajstić information content (AvgIpc) is 3.82. The summed E-state index contributed by atoms with van der Waals surface area (Å²) in [5.41, 5.74) is -0.0534. The number of unbranched alkanes of at least 4 members (excludes halogenated alkanes) is 2. The van der Waals surface area contributed by atoms with Crippen molar-refractivity contribution in [1.29, 1.82) is 0 Å². The topological polar surface area (TPSA) is 136 Å². The van der Waals surface area contributed by atoms with Gasteiger partial charge in [0.05, 0.1) is 19.2 Å². The molecule has 0 spiro atoms. The van der Waals surface area contributed by atoms with Crippen LogP contribution in [0.3, 0.4) is 0 Å². The number of nitrogens with one attached hydrogen (secondary N) is 2. The molecule has 45 heavy (non-hydrogen) atoms. The molecule has 0 saturated heterocycles. The van der Waals surface area contributed by atoms with Gasteiger partial charge in [0.15, 0.2) is 23.1 Å². The molecule has 0 unspecified atom stereocenters. The van der Waals surface area contributed by atoms with Gasteiger partial charge >= 0.3 is 5.97 Å². The molecule has 234 valence electrons. The lowest BCUT2D eigenvalue weighted by Gasteiger charge is -2.16. The highest BCUT2D eigenvalue weighted by molar-refractivity contribution is 6.31. The van der Waals surface area contributed by atoms with Crippen molar-refractivity contribution in [1.82, 2.24) is 4.98 Å². The molecule has 1 aromatic heterocycles. The lowest BCUT2D eigenvalue weighted by Crippen LogP contribution is -2.35. The maximum Gasteiger partial charge on any atom is 0.303 e. The van der Waals surface area contributed by atoms with Gasteiger partial charge in [-0.2, -0.15) is 0 Å². The summed E-state index contributed by atoms with van der Waals surface area (Å²) < 4.78 is 32.5. The number of nitrogens with zero attached hydrogens (tertiary/aromatic N) is 1. The highest BCUT2D eigenvalue weighted by atomic mass is 35.5. The number of carboxylic acid groups (broad SMARTS) is 1. The maximum atomic E-state index is 15.2. The van der Waals surface area contributed by atoms with Crippen LogP contribution in [0.1, 0.15) is 38.5 Å². The fraction of sp³-hybridized carbons (Fsp3) is 0.273. The zero-order chi connectivity index (χ0) is 32.0. The van der Waals surface area contributed by atoms with Gasteiger partial charge in [0.25, 0.3) is 0 Å². The van der Waals surface area contributed by atoms with Crippen LogP contribution in [0.15, 0.2) is 66.9 Å². The van der Waals surface area contributed by atoms with Gasteiger partial charge in [-0.3, -0.25) is 19.4 Å². The first-order valence-corrected chi connectivity index (χ1v) is 14.7. The predicted molar refractivity (Wildman–Crippen MR) is 167 cm³/mol. The van der Waals surface area contributed by atoms with Crippen molar-refractivity contribution in [3.8, 4) is 23.0 Å². The van der Waals surface area contributed by atoms with Crippen LogP contribution < -0.4 is 24.8 Å². The van der Waals surface area contributed by atoms with Crippen molar-refractivity contribution in [3.63, 3.8) is 0 Å². The zero-order valence-electron chi connectivity index (χ0n) is 24.4. The van der Waals surface area contributed by atoms with Gasteiger partial charge in [0.1, 0.15) is 11.2 Å². The molecule has 10 nitrogen and oxygen atoms in total. The largest absolute Gasteiger partial charge is 0.493 e. The summed E-state index contributed by atoms with van der Waals surface area (Å²) in [5, 5.41) is 15.2. The number of methoxy groups -OCH3 is 1. The van der Waals surface area contributed by atoms with E-state index in [1.54, 1.807) is 42.5 Å². The van der Waals surface area contributed by atoms with E-state index in [0.717, 1.165) is 6.07 Å². The smallest absolute Gasteiger partial charge is 0.303 e. The minimum Gasteiger partial charge on any atom is -0.493 e. The predicted octanol–water partition coefficient (Wildman–Crippen LogP) is 7.21. The second kappa shape index (κ2) is 13.8. The first kappa shape index (κ1) is 31.5. The van der Waals surface area contributed by atoms with Crippen LogP contribution in [0, 0.1) is 11.2 Å². The Morgan fingerprint density at radius 3 is 2.33 bits per heavy atom. The Kier molecular flexibility index (Phi) is 9.68. The summed E-state index contributed by atoms with van der Waals surface area (Å²) in [5.74, 6) is -1.39. The molecular weight excluding hydrogens is 605 g/mol. The fourth-order valence-corrected chi connectivity index (χ4v) is 4.95. The van der Waals surface area contributed by atoms with Gasteiger partial charge in [0, 0.05) is 46.5 Å². The Labute approximate surface area is 263 Å². The number of carbonyl (C=O) groups excluding carboxylic acids is 2. The van der Waals surface area contributed by atoms with E-state index in [-0.39, 0.29) is 17.9 Å². The molecule has 2 amide bonds. The van der Waals surface area contributed by atoms with Gasteiger partial charge < -0.3 is 30.0 Å². The SMILES string of the molecule is COc1cc2c(Oc3ccc(NC(=O)C4(C(=O)Nc5cccc(Cl)c5)CC4)cc3F)ccnc2cc1OCCCCCC(=O)O. The van der Waals surface area contributed by atoms with Crippen molar-refractivity contribution in [2.75, 3.05) is 24.4 Å². The van der Waals surface area contributed by atoms with Crippen LogP contribution in [-0.4, -0.2) is 41.6 Å². The molecule has 1 aliphatic rings. The van der Waals surface area contributed by atoms with Gasteiger partial charge in [-0.05, 0) is 74.6 Å². The molecule has 1 aliphatic carbocycles. The molecule has 1 fully saturated rings. The van der Waals surface area contributed by atoms with Crippen LogP contribution >= 0.6 is 11.6 Å². The number of benzene rings is 3. The molecule has 1 saturated carbocycles. The Balaban J connectivity index is 1.24. The third-order valence-corrected chi connectivity index (χ3v) is 7.63. The minimum atomic E-state index is -1.24. The normalized spacial score (nSPS) is 13.1. The summed E-state index contributed by atoms with van der Waals surface area (Å²) in [6.45, 7) is 0.374. The Morgan fingerprint density at radius 2 is 1.67 bits per heavy atom. The summed E-state index contributed by atoms with van der Waals surface area (Å²) in [6, 6.07) is 15.6. The number of pyridine rings is 1. The second-order valence-corrected chi connectivity index (χ2v) is 11.1. The fourth-order valence-electron chi connectivity index (χ4n) is 4.76. The number of halogens is 2. The maximum absolute atomic E-state index is 15.2. The van der Waals surface area contributed by atoms with E-state index in [4.69, 9.17) is 30.9 Å². The summed E-state index contributed by atoms with van der Waals surface area (Å²) in [6.07, 6.45) is 4.35. The van der Waals surface area contributed by atoms with Gasteiger partial charge in [-0.15, -0.1) is 0 Å². The first-order valence-electron chi connectivity index (χ1n) is 14.4. The third-order valence-electron chi connectivity index (χ3n) is 7.39.